The Hall–Kier alpha value is -10.8. The Morgan fingerprint density at radius 3 is 1.54 bits per heavy atom. The maximum Gasteiger partial charge on any atom is 0.0725 e. The molecule has 0 aliphatic heterocycles. The van der Waals surface area contributed by atoms with Crippen molar-refractivity contribution in [2.75, 3.05) is 0 Å². The van der Waals surface area contributed by atoms with Crippen molar-refractivity contribution in [2.45, 2.75) is 47.0 Å². The SMILES string of the molecule is C/C=C/c1c(/C=C\c2ccc(-c3ccc4c(c3)-c3ccccc3C43c4ccccc4-c4ccccc43)cc2)c2ccccc2n1-c1ccccc1.CC.Cc1ccc2c3c4ccccc4c4ccccc4c3n(-c3ccc(C)c(-c4ccccc4C)c3)c2c1. The largest absolute Gasteiger partial charge is 0.309 e. The van der Waals surface area contributed by atoms with Gasteiger partial charge in [0.2, 0.25) is 0 Å². The van der Waals surface area contributed by atoms with E-state index in [9.17, 15) is 0 Å². The minimum atomic E-state index is -0.304. The number of benzene rings is 13. The third kappa shape index (κ3) is 8.76. The van der Waals surface area contributed by atoms with Crippen LogP contribution in [0, 0.1) is 20.8 Å². The minimum Gasteiger partial charge on any atom is -0.309 e. The fourth-order valence-electron chi connectivity index (χ4n) is 14.9. The first kappa shape index (κ1) is 54.8. The molecule has 0 radical (unpaired) electrons. The number of rotatable bonds is 7. The summed E-state index contributed by atoms with van der Waals surface area (Å²) < 4.78 is 4.85. The predicted molar refractivity (Wildman–Crippen MR) is 382 cm³/mol. The van der Waals surface area contributed by atoms with E-state index in [0.29, 0.717) is 0 Å². The lowest BCUT2D eigenvalue weighted by atomic mass is 9.70. The van der Waals surface area contributed by atoms with Crippen molar-refractivity contribution in [3.05, 3.63) is 341 Å². The molecular weight excluding hydrogens is 1070 g/mol. The summed E-state index contributed by atoms with van der Waals surface area (Å²) in [7, 11) is 0. The molecule has 2 heterocycles. The van der Waals surface area contributed by atoms with Crippen LogP contribution in [-0.4, -0.2) is 9.13 Å². The van der Waals surface area contributed by atoms with Crippen LogP contribution in [0.25, 0.3) is 128 Å². The van der Waals surface area contributed by atoms with Gasteiger partial charge in [-0.15, -0.1) is 0 Å². The van der Waals surface area contributed by atoms with E-state index in [-0.39, 0.29) is 5.41 Å². The Morgan fingerprint density at radius 1 is 0.326 bits per heavy atom. The zero-order valence-corrected chi connectivity index (χ0v) is 51.3. The standard InChI is InChI=1S/C50H35N.C35H27N.C2H6/c1-2-14-48-42(41-20-9-13-24-49(41)51(48)37-15-4-3-5-16-37)31-27-34-25-28-35(29-26-34)36-30-32-47-43(33-36)40-19-8-12-23-46(40)50(47)44-21-10-6-17-38(44)39-18-7-11-22-45(39)50;1-22-16-19-31-33(20-22)36(25-18-17-24(3)32(21-25)26-11-5-4-10-23(26)2)35-30-15-9-7-13-28(30)27-12-6-8-14-29(27)34(31)35;1-2/h2-33H,1H3;4-21H,1-3H3;1-2H3/b14-2+,31-27-;;. The van der Waals surface area contributed by atoms with Crippen LogP contribution in [0.3, 0.4) is 0 Å². The van der Waals surface area contributed by atoms with Crippen LogP contribution in [0.1, 0.15) is 76.5 Å². The van der Waals surface area contributed by atoms with Crippen LogP contribution in [0.15, 0.2) is 285 Å². The smallest absolute Gasteiger partial charge is 0.0725 e. The first-order valence-corrected chi connectivity index (χ1v) is 31.4. The second kappa shape index (κ2) is 22.5. The van der Waals surface area contributed by atoms with E-state index in [2.05, 4.69) is 340 Å². The average Bonchev–Trinajstić information content (AvgIpc) is 1.52. The summed E-state index contributed by atoms with van der Waals surface area (Å²) in [5, 5.41) is 9.08. The summed E-state index contributed by atoms with van der Waals surface area (Å²) >= 11 is 0. The van der Waals surface area contributed by atoms with Gasteiger partial charge in [0, 0.05) is 38.5 Å². The van der Waals surface area contributed by atoms with Gasteiger partial charge in [-0.2, -0.15) is 0 Å². The summed E-state index contributed by atoms with van der Waals surface area (Å²) in [6.45, 7) is 12.7. The molecule has 0 N–H and O–H groups in total. The molecule has 0 saturated carbocycles. The van der Waals surface area contributed by atoms with Crippen LogP contribution in [0.5, 0.6) is 0 Å². The molecule has 0 saturated heterocycles. The molecule has 426 valence electrons. The van der Waals surface area contributed by atoms with E-state index in [0.717, 1.165) is 5.69 Å². The fourth-order valence-corrected chi connectivity index (χ4v) is 14.9. The van der Waals surface area contributed by atoms with Gasteiger partial charge in [0.05, 0.1) is 27.7 Å². The van der Waals surface area contributed by atoms with Crippen molar-refractivity contribution in [2.24, 2.45) is 0 Å². The van der Waals surface area contributed by atoms with Gasteiger partial charge in [-0.25, -0.2) is 0 Å². The number of hydrogen-bond acceptors (Lipinski definition) is 0. The summed E-state index contributed by atoms with van der Waals surface area (Å²) in [4.78, 5) is 0. The van der Waals surface area contributed by atoms with Crippen molar-refractivity contribution in [3.63, 3.8) is 0 Å². The van der Waals surface area contributed by atoms with Crippen LogP contribution in [-0.2, 0) is 5.41 Å². The number of fused-ring (bicyclic) bond motifs is 19. The zero-order chi connectivity index (χ0) is 60.3. The predicted octanol–water partition coefficient (Wildman–Crippen LogP) is 23.6. The van der Waals surface area contributed by atoms with Crippen LogP contribution in [0.2, 0.25) is 0 Å². The molecule has 89 heavy (non-hydrogen) atoms. The number of nitrogens with zero attached hydrogens (tertiary/aromatic N) is 2. The first-order chi connectivity index (χ1) is 43.9. The molecule has 2 aliphatic carbocycles. The molecule has 15 aromatic rings. The Labute approximate surface area is 522 Å². The lowest BCUT2D eigenvalue weighted by molar-refractivity contribution is 0.794. The second-order valence-corrected chi connectivity index (χ2v) is 23.6. The van der Waals surface area contributed by atoms with Gasteiger partial charge in [-0.1, -0.05) is 269 Å². The molecule has 2 heteroatoms. The Balaban J connectivity index is 0.000000153. The van der Waals surface area contributed by atoms with Gasteiger partial charge >= 0.3 is 0 Å². The number of para-hydroxylation sites is 2. The molecule has 13 aromatic carbocycles. The average molecular weight is 1140 g/mol. The normalized spacial score (nSPS) is 12.6. The maximum atomic E-state index is 2.49. The highest BCUT2D eigenvalue weighted by atomic mass is 15.0. The summed E-state index contributed by atoms with van der Waals surface area (Å²) in [6, 6.07) is 103. The molecule has 0 unspecified atom stereocenters. The quantitative estimate of drug-likeness (QED) is 0.141. The molecule has 17 rings (SSSR count). The highest BCUT2D eigenvalue weighted by Gasteiger charge is 2.51. The molecule has 0 atom stereocenters. The van der Waals surface area contributed by atoms with Gasteiger partial charge in [0.25, 0.3) is 0 Å². The monoisotopic (exact) mass is 1140 g/mol. The lowest BCUT2D eigenvalue weighted by Crippen LogP contribution is -2.25. The highest BCUT2D eigenvalue weighted by Crippen LogP contribution is 2.63. The van der Waals surface area contributed by atoms with Gasteiger partial charge in [-0.3, -0.25) is 0 Å². The van der Waals surface area contributed by atoms with E-state index in [4.69, 9.17) is 0 Å². The summed E-state index contributed by atoms with van der Waals surface area (Å²) in [6.07, 6.45) is 8.86. The molecule has 2 nitrogen and oxygen atoms in total. The van der Waals surface area contributed by atoms with E-state index < -0.39 is 0 Å². The molecular formula is C87H68N2. The minimum absolute atomic E-state index is 0.304. The number of hydrogen-bond donors (Lipinski definition) is 0. The lowest BCUT2D eigenvalue weighted by Gasteiger charge is -2.30. The molecule has 0 amide bonds. The molecule has 1 spiro atoms. The van der Waals surface area contributed by atoms with Gasteiger partial charge < -0.3 is 9.13 Å². The number of aromatic nitrogens is 2. The molecule has 0 bridgehead atoms. The van der Waals surface area contributed by atoms with E-state index >= 15 is 0 Å². The summed E-state index contributed by atoms with van der Waals surface area (Å²) in [5.74, 6) is 0. The molecule has 2 aliphatic rings. The van der Waals surface area contributed by atoms with Crippen LogP contribution < -0.4 is 0 Å². The van der Waals surface area contributed by atoms with Crippen molar-refractivity contribution >= 4 is 72.5 Å². The zero-order valence-electron chi connectivity index (χ0n) is 51.3. The summed E-state index contributed by atoms with van der Waals surface area (Å²) in [5.41, 5.74) is 29.1. The second-order valence-electron chi connectivity index (χ2n) is 23.6. The topological polar surface area (TPSA) is 9.86 Å². The maximum absolute atomic E-state index is 2.49. The third-order valence-corrected chi connectivity index (χ3v) is 18.7. The van der Waals surface area contributed by atoms with E-state index in [1.807, 2.05) is 13.8 Å². The molecule has 2 aromatic heterocycles. The number of aryl methyl sites for hydroxylation is 3. The Bertz CT molecular complexity index is 5270. The van der Waals surface area contributed by atoms with Gasteiger partial charge in [0.15, 0.2) is 0 Å². The van der Waals surface area contributed by atoms with Crippen LogP contribution >= 0.6 is 0 Å². The van der Waals surface area contributed by atoms with Crippen molar-refractivity contribution < 1.29 is 0 Å². The Morgan fingerprint density at radius 2 is 0.865 bits per heavy atom. The third-order valence-electron chi connectivity index (χ3n) is 18.7. The Kier molecular flexibility index (Phi) is 13.8. The number of allylic oxidation sites excluding steroid dienone is 1. The van der Waals surface area contributed by atoms with E-state index in [1.165, 1.54) is 160 Å². The molecule has 0 fully saturated rings. The van der Waals surface area contributed by atoms with Gasteiger partial charge in [0.1, 0.15) is 0 Å². The van der Waals surface area contributed by atoms with Crippen molar-refractivity contribution in [3.8, 4) is 55.9 Å². The van der Waals surface area contributed by atoms with Crippen LogP contribution in [0.4, 0.5) is 0 Å². The van der Waals surface area contributed by atoms with Crippen molar-refractivity contribution in [1.82, 2.24) is 9.13 Å². The van der Waals surface area contributed by atoms with Gasteiger partial charge in [-0.05, 0) is 181 Å². The van der Waals surface area contributed by atoms with Crippen molar-refractivity contribution in [1.29, 1.82) is 0 Å². The fraction of sp³-hybridized carbons (Fsp3) is 0.0805. The van der Waals surface area contributed by atoms with E-state index in [1.54, 1.807) is 0 Å². The highest BCUT2D eigenvalue weighted by molar-refractivity contribution is 6.32. The first-order valence-electron chi connectivity index (χ1n) is 31.4.